The predicted molar refractivity (Wildman–Crippen MR) is 76.4 cm³/mol. The Morgan fingerprint density at radius 3 is 2.65 bits per heavy atom. The van der Waals surface area contributed by atoms with E-state index in [0.717, 1.165) is 18.4 Å². The number of carbonyl (C=O) groups is 1. The quantitative estimate of drug-likeness (QED) is 0.930. The summed E-state index contributed by atoms with van der Waals surface area (Å²) in [4.78, 5) is 12.5. The molecule has 0 atom stereocenters. The first-order valence-electron chi connectivity index (χ1n) is 7.08. The molecule has 3 rings (SSSR count). The third-order valence-corrected chi connectivity index (χ3v) is 3.83. The number of nitrogens with one attached hydrogen (secondary N) is 1. The maximum Gasteiger partial charge on any atom is 0.257 e. The molecule has 1 heterocycles. The molecular weight excluding hydrogens is 252 g/mol. The van der Waals surface area contributed by atoms with Gasteiger partial charge in [-0.05, 0) is 19.8 Å². The SMILES string of the molecule is Cc1onc(-c2ccccc2)c1C(=O)NC1CCCC1. The summed E-state index contributed by atoms with van der Waals surface area (Å²) < 4.78 is 5.22. The summed E-state index contributed by atoms with van der Waals surface area (Å²) in [6, 6.07) is 9.96. The van der Waals surface area contributed by atoms with E-state index in [-0.39, 0.29) is 5.91 Å². The van der Waals surface area contributed by atoms with Gasteiger partial charge in [0, 0.05) is 11.6 Å². The molecule has 104 valence electrons. The lowest BCUT2D eigenvalue weighted by molar-refractivity contribution is 0.0937. The van der Waals surface area contributed by atoms with Crippen molar-refractivity contribution in [2.75, 3.05) is 0 Å². The Bertz CT molecular complexity index is 598. The largest absolute Gasteiger partial charge is 0.360 e. The zero-order valence-electron chi connectivity index (χ0n) is 11.6. The van der Waals surface area contributed by atoms with Gasteiger partial charge in [0.1, 0.15) is 17.0 Å². The van der Waals surface area contributed by atoms with Crippen molar-refractivity contribution in [2.45, 2.75) is 38.6 Å². The smallest absolute Gasteiger partial charge is 0.257 e. The van der Waals surface area contributed by atoms with Crippen LogP contribution in [0, 0.1) is 6.92 Å². The summed E-state index contributed by atoms with van der Waals surface area (Å²) in [7, 11) is 0. The van der Waals surface area contributed by atoms with Crippen LogP contribution in [0.4, 0.5) is 0 Å². The third kappa shape index (κ3) is 2.46. The average molecular weight is 270 g/mol. The Balaban J connectivity index is 1.89. The highest BCUT2D eigenvalue weighted by Gasteiger charge is 2.24. The normalized spacial score (nSPS) is 15.4. The lowest BCUT2D eigenvalue weighted by atomic mass is 10.1. The molecule has 1 fully saturated rings. The van der Waals surface area contributed by atoms with Crippen LogP contribution in [-0.4, -0.2) is 17.1 Å². The number of hydrogen-bond donors (Lipinski definition) is 1. The molecule has 2 aromatic rings. The van der Waals surface area contributed by atoms with Crippen molar-refractivity contribution in [2.24, 2.45) is 0 Å². The monoisotopic (exact) mass is 270 g/mol. The van der Waals surface area contributed by atoms with Gasteiger partial charge in [-0.2, -0.15) is 0 Å². The Kier molecular flexibility index (Phi) is 3.54. The minimum Gasteiger partial charge on any atom is -0.360 e. The molecule has 0 spiro atoms. The fourth-order valence-corrected chi connectivity index (χ4v) is 2.76. The molecule has 20 heavy (non-hydrogen) atoms. The van der Waals surface area contributed by atoms with E-state index in [2.05, 4.69) is 10.5 Å². The number of carbonyl (C=O) groups excluding carboxylic acids is 1. The van der Waals surface area contributed by atoms with Crippen LogP contribution >= 0.6 is 0 Å². The first-order valence-corrected chi connectivity index (χ1v) is 7.08. The molecule has 0 radical (unpaired) electrons. The van der Waals surface area contributed by atoms with Crippen molar-refractivity contribution in [3.05, 3.63) is 41.7 Å². The molecule has 1 amide bonds. The van der Waals surface area contributed by atoms with Crippen molar-refractivity contribution in [3.8, 4) is 11.3 Å². The summed E-state index contributed by atoms with van der Waals surface area (Å²) >= 11 is 0. The van der Waals surface area contributed by atoms with E-state index in [9.17, 15) is 4.79 Å². The van der Waals surface area contributed by atoms with Crippen LogP contribution in [0.25, 0.3) is 11.3 Å². The topological polar surface area (TPSA) is 55.1 Å². The van der Waals surface area contributed by atoms with E-state index in [4.69, 9.17) is 4.52 Å². The second-order valence-electron chi connectivity index (χ2n) is 5.28. The van der Waals surface area contributed by atoms with Crippen LogP contribution in [0.15, 0.2) is 34.9 Å². The van der Waals surface area contributed by atoms with E-state index in [1.165, 1.54) is 12.8 Å². The predicted octanol–water partition coefficient (Wildman–Crippen LogP) is 3.32. The molecular formula is C16H18N2O2. The van der Waals surface area contributed by atoms with E-state index >= 15 is 0 Å². The van der Waals surface area contributed by atoms with Gasteiger partial charge in [0.2, 0.25) is 0 Å². The van der Waals surface area contributed by atoms with Gasteiger partial charge in [0.05, 0.1) is 0 Å². The van der Waals surface area contributed by atoms with Gasteiger partial charge >= 0.3 is 0 Å². The molecule has 1 aliphatic rings. The molecule has 0 unspecified atom stereocenters. The van der Waals surface area contributed by atoms with Gasteiger partial charge in [0.15, 0.2) is 0 Å². The summed E-state index contributed by atoms with van der Waals surface area (Å²) in [5, 5.41) is 7.14. The lowest BCUT2D eigenvalue weighted by Crippen LogP contribution is -2.33. The molecule has 0 aliphatic heterocycles. The zero-order valence-corrected chi connectivity index (χ0v) is 11.6. The molecule has 1 N–H and O–H groups in total. The minimum atomic E-state index is -0.0745. The number of hydrogen-bond acceptors (Lipinski definition) is 3. The van der Waals surface area contributed by atoms with Gasteiger partial charge in [-0.15, -0.1) is 0 Å². The van der Waals surface area contributed by atoms with Gasteiger partial charge in [-0.25, -0.2) is 0 Å². The first kappa shape index (κ1) is 12.9. The van der Waals surface area contributed by atoms with Crippen molar-refractivity contribution in [1.82, 2.24) is 10.5 Å². The summed E-state index contributed by atoms with van der Waals surface area (Å²) in [5.74, 6) is 0.494. The fraction of sp³-hybridized carbons (Fsp3) is 0.375. The number of benzene rings is 1. The molecule has 0 bridgehead atoms. The second kappa shape index (κ2) is 5.49. The average Bonchev–Trinajstić information content (AvgIpc) is 3.09. The Morgan fingerprint density at radius 2 is 1.95 bits per heavy atom. The van der Waals surface area contributed by atoms with Gasteiger partial charge in [-0.1, -0.05) is 48.3 Å². The Morgan fingerprint density at radius 1 is 1.25 bits per heavy atom. The van der Waals surface area contributed by atoms with Crippen molar-refractivity contribution >= 4 is 5.91 Å². The van der Waals surface area contributed by atoms with Gasteiger partial charge in [-0.3, -0.25) is 4.79 Å². The summed E-state index contributed by atoms with van der Waals surface area (Å²) in [6.45, 7) is 1.78. The molecule has 0 saturated heterocycles. The highest BCUT2D eigenvalue weighted by atomic mass is 16.5. The van der Waals surface area contributed by atoms with E-state index in [1.807, 2.05) is 30.3 Å². The maximum atomic E-state index is 12.5. The minimum absolute atomic E-state index is 0.0745. The number of aromatic nitrogens is 1. The second-order valence-corrected chi connectivity index (χ2v) is 5.28. The first-order chi connectivity index (χ1) is 9.75. The molecule has 1 saturated carbocycles. The van der Waals surface area contributed by atoms with Crippen LogP contribution in [-0.2, 0) is 0 Å². The summed E-state index contributed by atoms with van der Waals surface area (Å²) in [5.41, 5.74) is 2.09. The highest BCUT2D eigenvalue weighted by molar-refractivity contribution is 6.00. The number of nitrogens with zero attached hydrogens (tertiary/aromatic N) is 1. The van der Waals surface area contributed by atoms with Crippen LogP contribution < -0.4 is 5.32 Å². The molecule has 4 heteroatoms. The fourth-order valence-electron chi connectivity index (χ4n) is 2.76. The number of rotatable bonds is 3. The van der Waals surface area contributed by atoms with E-state index in [1.54, 1.807) is 6.92 Å². The highest BCUT2D eigenvalue weighted by Crippen LogP contribution is 2.26. The Hall–Kier alpha value is -2.10. The third-order valence-electron chi connectivity index (χ3n) is 3.83. The molecule has 4 nitrogen and oxygen atoms in total. The van der Waals surface area contributed by atoms with Crippen LogP contribution in [0.3, 0.4) is 0 Å². The molecule has 1 aromatic carbocycles. The van der Waals surface area contributed by atoms with Crippen molar-refractivity contribution in [1.29, 1.82) is 0 Å². The van der Waals surface area contributed by atoms with E-state index < -0.39 is 0 Å². The number of aryl methyl sites for hydroxylation is 1. The molecule has 1 aromatic heterocycles. The summed E-state index contributed by atoms with van der Waals surface area (Å²) in [6.07, 6.45) is 4.52. The Labute approximate surface area is 118 Å². The van der Waals surface area contributed by atoms with Gasteiger partial charge < -0.3 is 9.84 Å². The van der Waals surface area contributed by atoms with Crippen LogP contribution in [0.1, 0.15) is 41.8 Å². The zero-order chi connectivity index (χ0) is 13.9. The van der Waals surface area contributed by atoms with Crippen LogP contribution in [0.2, 0.25) is 0 Å². The lowest BCUT2D eigenvalue weighted by Gasteiger charge is -2.11. The molecule has 1 aliphatic carbocycles. The van der Waals surface area contributed by atoms with Crippen molar-refractivity contribution < 1.29 is 9.32 Å². The number of amides is 1. The van der Waals surface area contributed by atoms with E-state index in [0.29, 0.717) is 23.1 Å². The standard InChI is InChI=1S/C16H18N2O2/c1-11-14(16(19)17-13-9-5-6-10-13)15(18-20-11)12-7-3-2-4-8-12/h2-4,7-8,13H,5-6,9-10H2,1H3,(H,17,19). The van der Waals surface area contributed by atoms with Crippen molar-refractivity contribution in [3.63, 3.8) is 0 Å². The maximum absolute atomic E-state index is 12.5. The van der Waals surface area contributed by atoms with Crippen LogP contribution in [0.5, 0.6) is 0 Å². The van der Waals surface area contributed by atoms with Gasteiger partial charge in [0.25, 0.3) is 5.91 Å².